The molecule has 0 atom stereocenters. The van der Waals surface area contributed by atoms with Gasteiger partial charge < -0.3 is 10.6 Å². The summed E-state index contributed by atoms with van der Waals surface area (Å²) in [4.78, 5) is 35.2. The molecule has 114 valence electrons. The lowest BCUT2D eigenvalue weighted by Crippen LogP contribution is -2.71. The van der Waals surface area contributed by atoms with Gasteiger partial charge in [0.15, 0.2) is 5.78 Å². The Balaban J connectivity index is 3.12. The summed E-state index contributed by atoms with van der Waals surface area (Å²) in [5.41, 5.74) is 0.0117. The van der Waals surface area contributed by atoms with Crippen molar-refractivity contribution in [1.82, 2.24) is 16.1 Å². The van der Waals surface area contributed by atoms with E-state index in [2.05, 4.69) is 10.6 Å². The Labute approximate surface area is 119 Å². The number of piperidine rings is 1. The van der Waals surface area contributed by atoms with Gasteiger partial charge in [-0.05, 0) is 47.5 Å². The molecule has 7 heteroatoms. The minimum absolute atomic E-state index is 0.168. The molecule has 5 N–H and O–H groups in total. The highest BCUT2D eigenvalue weighted by Crippen LogP contribution is 2.36. The van der Waals surface area contributed by atoms with E-state index in [0.29, 0.717) is 12.8 Å². The van der Waals surface area contributed by atoms with Crippen LogP contribution in [0.4, 0.5) is 0 Å². The molecule has 0 unspecified atom stereocenters. The zero-order chi connectivity index (χ0) is 15.8. The molecule has 1 saturated heterocycles. The number of nitrogens with one attached hydrogen (secondary N) is 3. The Bertz CT molecular complexity index is 427. The molecule has 0 spiro atoms. The van der Waals surface area contributed by atoms with E-state index in [1.165, 1.54) is 6.92 Å². The molecule has 1 fully saturated rings. The molecule has 7 nitrogen and oxygen atoms in total. The lowest BCUT2D eigenvalue weighted by molar-refractivity contribution is -0.143. The minimum Gasteiger partial charge on any atom is -0.335 e. The van der Waals surface area contributed by atoms with Gasteiger partial charge in [0, 0.05) is 11.1 Å². The van der Waals surface area contributed by atoms with Crippen molar-refractivity contribution in [2.45, 2.75) is 64.1 Å². The van der Waals surface area contributed by atoms with Gasteiger partial charge >= 0.3 is 11.8 Å². The largest absolute Gasteiger partial charge is 0.335 e. The molecule has 0 saturated carbocycles. The lowest BCUT2D eigenvalue weighted by Gasteiger charge is -2.52. The maximum atomic E-state index is 12.1. The van der Waals surface area contributed by atoms with Gasteiger partial charge in [-0.25, -0.2) is 5.84 Å². The molecule has 0 aliphatic carbocycles. The van der Waals surface area contributed by atoms with Crippen molar-refractivity contribution in [2.75, 3.05) is 0 Å². The molecule has 1 rings (SSSR count). The summed E-state index contributed by atoms with van der Waals surface area (Å²) < 4.78 is 0. The third-order valence-corrected chi connectivity index (χ3v) is 3.53. The summed E-state index contributed by atoms with van der Waals surface area (Å²) in [6.07, 6.45) is 0.810. The van der Waals surface area contributed by atoms with Gasteiger partial charge in [-0.2, -0.15) is 0 Å². The Morgan fingerprint density at radius 3 is 1.80 bits per heavy atom. The van der Waals surface area contributed by atoms with Crippen molar-refractivity contribution < 1.29 is 14.4 Å². The maximum Gasteiger partial charge on any atom is 0.323 e. The fourth-order valence-electron chi connectivity index (χ4n) is 3.34. The van der Waals surface area contributed by atoms with Crippen LogP contribution in [0.2, 0.25) is 0 Å². The number of nitrogens with two attached hydrogens (primary N) is 1. The second kappa shape index (κ2) is 5.14. The van der Waals surface area contributed by atoms with Gasteiger partial charge in [0.05, 0.1) is 0 Å². The highest BCUT2D eigenvalue weighted by molar-refractivity contribution is 6.35. The van der Waals surface area contributed by atoms with E-state index < -0.39 is 17.4 Å². The molecule has 0 aromatic heterocycles. The number of carbonyl (C=O) groups is 3. The fraction of sp³-hybridized carbons (Fsp3) is 0.769. The van der Waals surface area contributed by atoms with Crippen molar-refractivity contribution in [1.29, 1.82) is 0 Å². The van der Waals surface area contributed by atoms with Crippen LogP contribution >= 0.6 is 0 Å². The average Bonchev–Trinajstić information content (AvgIpc) is 2.22. The van der Waals surface area contributed by atoms with E-state index in [9.17, 15) is 14.4 Å². The Morgan fingerprint density at radius 1 is 1.00 bits per heavy atom. The number of hydrazine groups is 1. The minimum atomic E-state index is -1.07. The first kappa shape index (κ1) is 16.6. The lowest BCUT2D eigenvalue weighted by atomic mass is 9.69. The topological polar surface area (TPSA) is 113 Å². The van der Waals surface area contributed by atoms with Crippen LogP contribution in [0.3, 0.4) is 0 Å². The van der Waals surface area contributed by atoms with Crippen LogP contribution < -0.4 is 21.9 Å². The predicted octanol–water partition coefficient (Wildman–Crippen LogP) is -0.639. The van der Waals surface area contributed by atoms with Crippen molar-refractivity contribution in [3.63, 3.8) is 0 Å². The zero-order valence-electron chi connectivity index (χ0n) is 12.7. The molecule has 1 aliphatic heterocycles. The molecular weight excluding hydrogens is 260 g/mol. The van der Waals surface area contributed by atoms with Gasteiger partial charge in [0.25, 0.3) is 0 Å². The monoisotopic (exact) mass is 284 g/mol. The van der Waals surface area contributed by atoms with Crippen LogP contribution in [0.15, 0.2) is 0 Å². The second-order valence-corrected chi connectivity index (χ2v) is 6.81. The van der Waals surface area contributed by atoms with Gasteiger partial charge in [-0.15, -0.1) is 0 Å². The number of ketones is 1. The maximum absolute atomic E-state index is 12.1. The summed E-state index contributed by atoms with van der Waals surface area (Å²) in [5, 5.41) is 6.00. The predicted molar refractivity (Wildman–Crippen MR) is 74.4 cm³/mol. The van der Waals surface area contributed by atoms with Gasteiger partial charge in [-0.3, -0.25) is 19.8 Å². The zero-order valence-corrected chi connectivity index (χ0v) is 12.7. The van der Waals surface area contributed by atoms with Crippen molar-refractivity contribution in [3.05, 3.63) is 0 Å². The van der Waals surface area contributed by atoms with Crippen LogP contribution in [0, 0.1) is 0 Å². The van der Waals surface area contributed by atoms with E-state index >= 15 is 0 Å². The first-order valence-electron chi connectivity index (χ1n) is 6.57. The van der Waals surface area contributed by atoms with Crippen molar-refractivity contribution in [3.8, 4) is 0 Å². The van der Waals surface area contributed by atoms with Gasteiger partial charge in [0.2, 0.25) is 0 Å². The second-order valence-electron chi connectivity index (χ2n) is 6.81. The fourth-order valence-corrected chi connectivity index (χ4v) is 3.34. The summed E-state index contributed by atoms with van der Waals surface area (Å²) in [5.74, 6) is 2.93. The quantitative estimate of drug-likeness (QED) is 0.233. The van der Waals surface area contributed by atoms with Crippen LogP contribution in [0.25, 0.3) is 0 Å². The van der Waals surface area contributed by atoms with Gasteiger partial charge in [0.1, 0.15) is 5.54 Å². The molecule has 0 bridgehead atoms. The van der Waals surface area contributed by atoms with E-state index in [1.807, 2.05) is 27.7 Å². The first-order chi connectivity index (χ1) is 8.93. The van der Waals surface area contributed by atoms with Gasteiger partial charge in [-0.1, -0.05) is 0 Å². The molecule has 20 heavy (non-hydrogen) atoms. The molecule has 0 aromatic carbocycles. The average molecular weight is 284 g/mol. The number of rotatable bonds is 2. The van der Waals surface area contributed by atoms with Crippen LogP contribution in [-0.2, 0) is 14.4 Å². The Hall–Kier alpha value is -1.47. The molecule has 2 amide bonds. The molecular formula is C13H24N4O3. The Morgan fingerprint density at radius 2 is 1.45 bits per heavy atom. The summed E-state index contributed by atoms with van der Waals surface area (Å²) in [6.45, 7) is 9.27. The molecule has 0 radical (unpaired) electrons. The van der Waals surface area contributed by atoms with Crippen LogP contribution in [-0.4, -0.2) is 34.2 Å². The SMILES string of the molecule is CC(=O)C1(NC(=O)C(=O)NN)CC(C)(C)NC(C)(C)C1. The summed E-state index contributed by atoms with van der Waals surface area (Å²) >= 11 is 0. The first-order valence-corrected chi connectivity index (χ1v) is 6.57. The number of amides is 2. The highest BCUT2D eigenvalue weighted by atomic mass is 16.2. The number of hydrogen-bond donors (Lipinski definition) is 4. The third-order valence-electron chi connectivity index (χ3n) is 3.53. The molecule has 1 heterocycles. The van der Waals surface area contributed by atoms with E-state index in [1.54, 1.807) is 5.43 Å². The normalized spacial score (nSPS) is 22.7. The molecule has 1 aliphatic rings. The Kier molecular flexibility index (Phi) is 4.26. The highest BCUT2D eigenvalue weighted by Gasteiger charge is 2.51. The van der Waals surface area contributed by atoms with Crippen molar-refractivity contribution in [2.24, 2.45) is 5.84 Å². The van der Waals surface area contributed by atoms with E-state index in [4.69, 9.17) is 5.84 Å². The van der Waals surface area contributed by atoms with Crippen molar-refractivity contribution >= 4 is 17.6 Å². The standard InChI is InChI=1S/C13H24N4O3/c1-8(18)13(15-9(19)10(20)16-14)6-11(2,3)17-12(4,5)7-13/h17H,6-7,14H2,1-5H3,(H,15,19)(H,16,20). The van der Waals surface area contributed by atoms with Crippen LogP contribution in [0.1, 0.15) is 47.5 Å². The molecule has 0 aromatic rings. The van der Waals surface area contributed by atoms with E-state index in [-0.39, 0.29) is 16.9 Å². The van der Waals surface area contributed by atoms with Crippen LogP contribution in [0.5, 0.6) is 0 Å². The summed E-state index contributed by atoms with van der Waals surface area (Å²) in [7, 11) is 0. The number of carbonyl (C=O) groups excluding carboxylic acids is 3. The smallest absolute Gasteiger partial charge is 0.323 e. The third kappa shape index (κ3) is 3.55. The number of hydrogen-bond acceptors (Lipinski definition) is 5. The van der Waals surface area contributed by atoms with E-state index in [0.717, 1.165) is 0 Å². The number of Topliss-reactive ketones (excluding diaryl/α,β-unsaturated/α-hetero) is 1. The summed E-state index contributed by atoms with van der Waals surface area (Å²) in [6, 6.07) is 0.